The molecular weight excluding hydrogens is 629 g/mol. The molecule has 1 aromatic heterocycles. The van der Waals surface area contributed by atoms with E-state index >= 15 is 0 Å². The standard InChI is InChI=1S/C30H31Cl2N5O6S/c1-19-15-22(16-20(2)28(19)32)43-14-6-13-36-25-9-7-21(31)17-24(25)29(33-36)30(38)34-44(41,42)23-8-10-26(27(18-23)37(39)40)35-11-4-3-5-12-35/h7-10,15-18H,3-6,11-14H2,1-2H3,(H,34,38). The number of carbonyl (C=O) groups excluding carboxylic acids is 1. The Morgan fingerprint density at radius 2 is 1.75 bits per heavy atom. The van der Waals surface area contributed by atoms with Crippen LogP contribution in [-0.4, -0.2) is 48.7 Å². The lowest BCUT2D eigenvalue weighted by Crippen LogP contribution is -2.32. The van der Waals surface area contributed by atoms with Gasteiger partial charge in [-0.2, -0.15) is 5.10 Å². The van der Waals surface area contributed by atoms with Crippen molar-refractivity contribution in [1.82, 2.24) is 14.5 Å². The maximum absolute atomic E-state index is 13.3. The van der Waals surface area contributed by atoms with E-state index in [1.165, 1.54) is 18.2 Å². The Hall–Kier alpha value is -3.87. The highest BCUT2D eigenvalue weighted by Crippen LogP contribution is 2.33. The topological polar surface area (TPSA) is 137 Å². The molecule has 1 aliphatic rings. The fourth-order valence-corrected chi connectivity index (χ4v) is 6.59. The number of aromatic nitrogens is 2. The fraction of sp³-hybridized carbons (Fsp3) is 0.333. The van der Waals surface area contributed by atoms with Gasteiger partial charge in [0, 0.05) is 47.6 Å². The van der Waals surface area contributed by atoms with Crippen molar-refractivity contribution in [1.29, 1.82) is 0 Å². The molecule has 1 N–H and O–H groups in total. The third kappa shape index (κ3) is 6.77. The predicted octanol–water partition coefficient (Wildman–Crippen LogP) is 6.45. The van der Waals surface area contributed by atoms with Gasteiger partial charge in [-0.3, -0.25) is 19.6 Å². The van der Waals surface area contributed by atoms with Crippen molar-refractivity contribution in [3.05, 3.63) is 85.5 Å². The zero-order valence-electron chi connectivity index (χ0n) is 24.2. The second-order valence-corrected chi connectivity index (χ2v) is 13.2. The summed E-state index contributed by atoms with van der Waals surface area (Å²) in [5.74, 6) is -0.293. The summed E-state index contributed by atoms with van der Waals surface area (Å²) in [6.45, 7) is 5.83. The molecule has 0 atom stereocenters. The van der Waals surface area contributed by atoms with Gasteiger partial charge in [0.05, 0.1) is 21.9 Å². The number of carbonyl (C=O) groups is 1. The second kappa shape index (κ2) is 13.0. The summed E-state index contributed by atoms with van der Waals surface area (Å²) in [5, 5.41) is 17.7. The van der Waals surface area contributed by atoms with E-state index in [1.54, 1.807) is 16.8 Å². The molecule has 5 rings (SSSR count). The SMILES string of the molecule is Cc1cc(OCCCn2nc(C(=O)NS(=O)(=O)c3ccc(N4CCCCC4)c([N+](=O)[O-])c3)c3cc(Cl)ccc32)cc(C)c1Cl. The van der Waals surface area contributed by atoms with Crippen molar-refractivity contribution in [3.63, 3.8) is 0 Å². The van der Waals surface area contributed by atoms with Crippen molar-refractivity contribution in [3.8, 4) is 5.75 Å². The number of nitrogens with zero attached hydrogens (tertiary/aromatic N) is 4. The van der Waals surface area contributed by atoms with Crippen LogP contribution < -0.4 is 14.4 Å². The van der Waals surface area contributed by atoms with E-state index in [-0.39, 0.29) is 11.4 Å². The largest absolute Gasteiger partial charge is 0.494 e. The highest BCUT2D eigenvalue weighted by molar-refractivity contribution is 7.90. The van der Waals surface area contributed by atoms with Crippen molar-refractivity contribution >= 4 is 61.4 Å². The van der Waals surface area contributed by atoms with E-state index < -0.39 is 25.7 Å². The molecule has 0 saturated carbocycles. The zero-order chi connectivity index (χ0) is 31.6. The Kier molecular flexibility index (Phi) is 9.33. The molecule has 0 radical (unpaired) electrons. The molecule has 44 heavy (non-hydrogen) atoms. The van der Waals surface area contributed by atoms with E-state index in [1.807, 2.05) is 35.6 Å². The van der Waals surface area contributed by atoms with Gasteiger partial charge in [0.2, 0.25) is 0 Å². The average molecular weight is 661 g/mol. The summed E-state index contributed by atoms with van der Waals surface area (Å²) in [4.78, 5) is 26.1. The van der Waals surface area contributed by atoms with Gasteiger partial charge in [-0.1, -0.05) is 23.2 Å². The molecule has 11 nitrogen and oxygen atoms in total. The first-order valence-electron chi connectivity index (χ1n) is 14.1. The van der Waals surface area contributed by atoms with E-state index in [4.69, 9.17) is 27.9 Å². The van der Waals surface area contributed by atoms with Crippen LogP contribution in [0.1, 0.15) is 47.3 Å². The highest BCUT2D eigenvalue weighted by Gasteiger charge is 2.28. The number of nitro benzene ring substituents is 1. The van der Waals surface area contributed by atoms with Crippen LogP contribution in [0.3, 0.4) is 0 Å². The molecule has 1 saturated heterocycles. The quantitative estimate of drug-likeness (QED) is 0.117. The number of benzene rings is 3. The first-order valence-corrected chi connectivity index (χ1v) is 16.3. The van der Waals surface area contributed by atoms with Gasteiger partial charge in [-0.25, -0.2) is 13.1 Å². The average Bonchev–Trinajstić information content (AvgIpc) is 3.35. The maximum Gasteiger partial charge on any atom is 0.293 e. The van der Waals surface area contributed by atoms with E-state index in [9.17, 15) is 23.3 Å². The molecule has 1 aliphatic heterocycles. The number of hydrogen-bond donors (Lipinski definition) is 1. The lowest BCUT2D eigenvalue weighted by molar-refractivity contribution is -0.384. The number of nitrogens with one attached hydrogen (secondary N) is 1. The lowest BCUT2D eigenvalue weighted by Gasteiger charge is -2.28. The smallest absolute Gasteiger partial charge is 0.293 e. The molecule has 0 spiro atoms. The number of hydrogen-bond acceptors (Lipinski definition) is 8. The van der Waals surface area contributed by atoms with E-state index in [0.29, 0.717) is 65.0 Å². The minimum atomic E-state index is -4.48. The van der Waals surface area contributed by atoms with Crippen LogP contribution >= 0.6 is 23.2 Å². The number of anilines is 1. The Morgan fingerprint density at radius 3 is 2.43 bits per heavy atom. The predicted molar refractivity (Wildman–Crippen MR) is 170 cm³/mol. The van der Waals surface area contributed by atoms with Gasteiger partial charge >= 0.3 is 0 Å². The number of rotatable bonds is 10. The molecule has 0 unspecified atom stereocenters. The van der Waals surface area contributed by atoms with Crippen LogP contribution in [0.25, 0.3) is 10.9 Å². The van der Waals surface area contributed by atoms with Crippen LogP contribution in [0.4, 0.5) is 11.4 Å². The normalized spacial score (nSPS) is 13.7. The van der Waals surface area contributed by atoms with Crippen LogP contribution in [0.2, 0.25) is 10.0 Å². The monoisotopic (exact) mass is 659 g/mol. The van der Waals surface area contributed by atoms with Gasteiger partial charge in [-0.15, -0.1) is 0 Å². The molecule has 4 aromatic rings. The second-order valence-electron chi connectivity index (χ2n) is 10.7. The van der Waals surface area contributed by atoms with Gasteiger partial charge in [0.15, 0.2) is 5.69 Å². The first-order chi connectivity index (χ1) is 20.9. The van der Waals surface area contributed by atoms with Gasteiger partial charge < -0.3 is 9.64 Å². The maximum atomic E-state index is 13.3. The van der Waals surface area contributed by atoms with Crippen LogP contribution in [0, 0.1) is 24.0 Å². The van der Waals surface area contributed by atoms with Gasteiger partial charge in [0.1, 0.15) is 11.4 Å². The minimum absolute atomic E-state index is 0.143. The lowest BCUT2D eigenvalue weighted by atomic mass is 10.1. The molecule has 1 fully saturated rings. The summed E-state index contributed by atoms with van der Waals surface area (Å²) in [5.41, 5.74) is 2.27. The van der Waals surface area contributed by atoms with E-state index in [2.05, 4.69) is 5.10 Å². The first kappa shape index (κ1) is 31.6. The Labute approximate surface area is 264 Å². The zero-order valence-corrected chi connectivity index (χ0v) is 26.5. The number of aryl methyl sites for hydroxylation is 3. The number of piperidine rings is 1. The van der Waals surface area contributed by atoms with Gasteiger partial charge in [-0.05, 0) is 86.7 Å². The molecule has 14 heteroatoms. The molecule has 2 heterocycles. The van der Waals surface area contributed by atoms with Crippen LogP contribution in [0.5, 0.6) is 5.75 Å². The number of fused-ring (bicyclic) bond motifs is 1. The summed E-state index contributed by atoms with van der Waals surface area (Å²) >= 11 is 12.4. The number of sulfonamides is 1. The third-order valence-corrected chi connectivity index (χ3v) is 9.66. The van der Waals surface area contributed by atoms with Crippen LogP contribution in [-0.2, 0) is 16.6 Å². The molecular formula is C30H31Cl2N5O6S. The number of nitro groups is 1. The summed E-state index contributed by atoms with van der Waals surface area (Å²) < 4.78 is 36.0. The number of amides is 1. The van der Waals surface area contributed by atoms with Crippen molar-refractivity contribution in [2.75, 3.05) is 24.6 Å². The summed E-state index contributed by atoms with van der Waals surface area (Å²) in [6, 6.07) is 12.3. The van der Waals surface area contributed by atoms with Crippen LogP contribution in [0.15, 0.2) is 53.4 Å². The Balaban J connectivity index is 1.34. The Morgan fingerprint density at radius 1 is 1.05 bits per heavy atom. The Bertz CT molecular complexity index is 1830. The van der Waals surface area contributed by atoms with Crippen molar-refractivity contribution in [2.24, 2.45) is 0 Å². The molecule has 3 aromatic carbocycles. The van der Waals surface area contributed by atoms with Gasteiger partial charge in [0.25, 0.3) is 21.6 Å². The molecule has 232 valence electrons. The molecule has 0 bridgehead atoms. The fourth-order valence-electron chi connectivity index (χ4n) is 5.33. The summed E-state index contributed by atoms with van der Waals surface area (Å²) in [7, 11) is -4.48. The highest BCUT2D eigenvalue weighted by atomic mass is 35.5. The number of halogens is 2. The summed E-state index contributed by atoms with van der Waals surface area (Å²) in [6.07, 6.45) is 3.36. The van der Waals surface area contributed by atoms with Crippen molar-refractivity contribution in [2.45, 2.75) is 51.0 Å². The third-order valence-electron chi connectivity index (χ3n) is 7.50. The van der Waals surface area contributed by atoms with Crippen molar-refractivity contribution < 1.29 is 22.9 Å². The molecule has 0 aliphatic carbocycles. The minimum Gasteiger partial charge on any atom is -0.494 e. The number of ether oxygens (including phenoxy) is 1. The molecule has 1 amide bonds. The van der Waals surface area contributed by atoms with E-state index in [0.717, 1.165) is 36.5 Å².